The van der Waals surface area contributed by atoms with Crippen LogP contribution in [0.4, 0.5) is 14.9 Å². The number of benzene rings is 1. The van der Waals surface area contributed by atoms with Crippen LogP contribution in [0.5, 0.6) is 0 Å². The maximum Gasteiger partial charge on any atom is 0.328 e. The van der Waals surface area contributed by atoms with E-state index in [4.69, 9.17) is 5.73 Å². The summed E-state index contributed by atoms with van der Waals surface area (Å²) < 4.78 is 38.7. The molecule has 0 spiro atoms. The molecule has 0 aliphatic heterocycles. The predicted octanol–water partition coefficient (Wildman–Crippen LogP) is 1.18. The largest absolute Gasteiger partial charge is 0.399 e. The fourth-order valence-corrected chi connectivity index (χ4v) is 2.83. The van der Waals surface area contributed by atoms with Crippen LogP contribution in [0, 0.1) is 5.82 Å². The number of amides is 2. The van der Waals surface area contributed by atoms with E-state index in [1.165, 1.54) is 6.07 Å². The molecule has 0 fully saturated rings. The summed E-state index contributed by atoms with van der Waals surface area (Å²) >= 11 is 2.84. The van der Waals surface area contributed by atoms with E-state index in [2.05, 4.69) is 21.2 Å². The van der Waals surface area contributed by atoms with Crippen LogP contribution in [-0.4, -0.2) is 21.0 Å². The number of sulfonamides is 1. The van der Waals surface area contributed by atoms with Gasteiger partial charge in [-0.3, -0.25) is 0 Å². The van der Waals surface area contributed by atoms with Gasteiger partial charge in [-0.05, 0) is 35.0 Å². The number of nitrogens with two attached hydrogens (primary N) is 1. The minimum absolute atomic E-state index is 0.0551. The van der Waals surface area contributed by atoms with Crippen molar-refractivity contribution >= 4 is 37.7 Å². The van der Waals surface area contributed by atoms with E-state index < -0.39 is 26.8 Å². The standard InChI is InChI=1S/C9H11BrFN3O3S/c1-2-13-9(15)14-18(16,17)7-4-5(12)3-6(10)8(7)11/h3-4H,2,12H2,1H3,(H2,13,14,15). The van der Waals surface area contributed by atoms with Crippen LogP contribution in [0.2, 0.25) is 0 Å². The number of hydrogen-bond acceptors (Lipinski definition) is 4. The average Bonchev–Trinajstić information content (AvgIpc) is 2.22. The lowest BCUT2D eigenvalue weighted by Crippen LogP contribution is -2.39. The van der Waals surface area contributed by atoms with Crippen LogP contribution in [0.25, 0.3) is 0 Å². The first-order valence-electron chi connectivity index (χ1n) is 4.83. The van der Waals surface area contributed by atoms with Crippen LogP contribution in [-0.2, 0) is 10.0 Å². The van der Waals surface area contributed by atoms with Gasteiger partial charge in [0.25, 0.3) is 10.0 Å². The molecule has 0 aromatic heterocycles. The molecular weight excluding hydrogens is 329 g/mol. The molecule has 18 heavy (non-hydrogen) atoms. The number of urea groups is 1. The molecule has 0 unspecified atom stereocenters. The summed E-state index contributed by atoms with van der Waals surface area (Å²) in [6, 6.07) is 1.22. The van der Waals surface area contributed by atoms with E-state index in [0.29, 0.717) is 0 Å². The van der Waals surface area contributed by atoms with Crippen LogP contribution in [0.3, 0.4) is 0 Å². The molecule has 0 heterocycles. The van der Waals surface area contributed by atoms with Gasteiger partial charge in [-0.2, -0.15) is 0 Å². The van der Waals surface area contributed by atoms with Crippen molar-refractivity contribution in [1.82, 2.24) is 10.0 Å². The van der Waals surface area contributed by atoms with E-state index in [9.17, 15) is 17.6 Å². The minimum atomic E-state index is -4.30. The van der Waals surface area contributed by atoms with E-state index in [0.717, 1.165) is 6.07 Å². The highest BCUT2D eigenvalue weighted by Gasteiger charge is 2.23. The van der Waals surface area contributed by atoms with Crippen molar-refractivity contribution in [2.75, 3.05) is 12.3 Å². The van der Waals surface area contributed by atoms with Gasteiger partial charge in [0.05, 0.1) is 4.47 Å². The highest BCUT2D eigenvalue weighted by molar-refractivity contribution is 9.10. The second kappa shape index (κ2) is 5.53. The Morgan fingerprint density at radius 2 is 2.11 bits per heavy atom. The maximum atomic E-state index is 13.7. The van der Waals surface area contributed by atoms with Crippen molar-refractivity contribution in [3.8, 4) is 0 Å². The fraction of sp³-hybridized carbons (Fsp3) is 0.222. The Hall–Kier alpha value is -1.35. The molecule has 0 saturated carbocycles. The Morgan fingerprint density at radius 1 is 1.50 bits per heavy atom. The van der Waals surface area contributed by atoms with Crippen LogP contribution >= 0.6 is 15.9 Å². The Labute approximate surface area is 112 Å². The molecular formula is C9H11BrFN3O3S. The second-order valence-electron chi connectivity index (χ2n) is 3.28. The zero-order valence-electron chi connectivity index (χ0n) is 9.33. The van der Waals surface area contributed by atoms with Gasteiger partial charge in [-0.25, -0.2) is 22.3 Å². The molecule has 1 rings (SSSR count). The number of nitrogens with one attached hydrogen (secondary N) is 2. The highest BCUT2D eigenvalue weighted by Crippen LogP contribution is 2.25. The summed E-state index contributed by atoms with van der Waals surface area (Å²) in [5.41, 5.74) is 5.48. The number of carbonyl (C=O) groups is 1. The zero-order chi connectivity index (χ0) is 13.9. The molecule has 1 aromatic rings. The smallest absolute Gasteiger partial charge is 0.328 e. The molecule has 4 N–H and O–H groups in total. The van der Waals surface area contributed by atoms with E-state index in [1.807, 2.05) is 0 Å². The van der Waals surface area contributed by atoms with Crippen molar-refractivity contribution in [2.24, 2.45) is 0 Å². The van der Waals surface area contributed by atoms with Gasteiger partial charge in [0.1, 0.15) is 4.90 Å². The predicted molar refractivity (Wildman–Crippen MR) is 67.9 cm³/mol. The number of carbonyl (C=O) groups excluding carboxylic acids is 1. The molecule has 6 nitrogen and oxygen atoms in total. The van der Waals surface area contributed by atoms with Gasteiger partial charge in [-0.1, -0.05) is 0 Å². The normalized spacial score (nSPS) is 11.1. The summed E-state index contributed by atoms with van der Waals surface area (Å²) in [4.78, 5) is 10.5. The SMILES string of the molecule is CCNC(=O)NS(=O)(=O)c1cc(N)cc(Br)c1F. The number of nitrogen functional groups attached to an aromatic ring is 1. The van der Waals surface area contributed by atoms with Gasteiger partial charge in [0, 0.05) is 12.2 Å². The first kappa shape index (κ1) is 14.7. The van der Waals surface area contributed by atoms with Gasteiger partial charge in [0.15, 0.2) is 5.82 Å². The van der Waals surface area contributed by atoms with Crippen molar-refractivity contribution < 1.29 is 17.6 Å². The minimum Gasteiger partial charge on any atom is -0.399 e. The van der Waals surface area contributed by atoms with Gasteiger partial charge < -0.3 is 11.1 Å². The van der Waals surface area contributed by atoms with Crippen LogP contribution in [0.15, 0.2) is 21.5 Å². The third-order valence-electron chi connectivity index (χ3n) is 1.87. The fourth-order valence-electron chi connectivity index (χ4n) is 1.15. The summed E-state index contributed by atoms with van der Waals surface area (Å²) in [6.07, 6.45) is 0. The van der Waals surface area contributed by atoms with Crippen LogP contribution in [0.1, 0.15) is 6.92 Å². The molecule has 0 radical (unpaired) electrons. The molecule has 1 aromatic carbocycles. The van der Waals surface area contributed by atoms with Gasteiger partial charge in [-0.15, -0.1) is 0 Å². The third kappa shape index (κ3) is 3.33. The molecule has 0 aliphatic rings. The monoisotopic (exact) mass is 339 g/mol. The quantitative estimate of drug-likeness (QED) is 0.719. The molecule has 0 bridgehead atoms. The Kier molecular flexibility index (Phi) is 4.52. The van der Waals surface area contributed by atoms with Crippen molar-refractivity contribution in [3.63, 3.8) is 0 Å². The topological polar surface area (TPSA) is 101 Å². The van der Waals surface area contributed by atoms with Gasteiger partial charge in [0.2, 0.25) is 0 Å². The number of halogens is 2. The molecule has 0 aliphatic carbocycles. The summed E-state index contributed by atoms with van der Waals surface area (Å²) in [5, 5.41) is 2.23. The van der Waals surface area contributed by atoms with E-state index in [1.54, 1.807) is 11.6 Å². The van der Waals surface area contributed by atoms with Crippen molar-refractivity contribution in [1.29, 1.82) is 0 Å². The van der Waals surface area contributed by atoms with Crippen LogP contribution < -0.4 is 15.8 Å². The lowest BCUT2D eigenvalue weighted by Gasteiger charge is -2.09. The molecule has 2 amide bonds. The number of anilines is 1. The zero-order valence-corrected chi connectivity index (χ0v) is 11.7. The highest BCUT2D eigenvalue weighted by atomic mass is 79.9. The van der Waals surface area contributed by atoms with Crippen molar-refractivity contribution in [2.45, 2.75) is 11.8 Å². The van der Waals surface area contributed by atoms with E-state index >= 15 is 0 Å². The second-order valence-corrected chi connectivity index (χ2v) is 5.78. The lowest BCUT2D eigenvalue weighted by atomic mass is 10.3. The molecule has 0 atom stereocenters. The maximum absolute atomic E-state index is 13.7. The first-order valence-corrected chi connectivity index (χ1v) is 7.10. The summed E-state index contributed by atoms with van der Waals surface area (Å²) in [5.74, 6) is -1.01. The van der Waals surface area contributed by atoms with Crippen molar-refractivity contribution in [3.05, 3.63) is 22.4 Å². The number of rotatable bonds is 3. The molecule has 100 valence electrons. The summed E-state index contributed by atoms with van der Waals surface area (Å²) in [7, 11) is -4.30. The van der Waals surface area contributed by atoms with E-state index in [-0.39, 0.29) is 16.7 Å². The Morgan fingerprint density at radius 3 is 2.67 bits per heavy atom. The molecule has 9 heteroatoms. The Balaban J connectivity index is 3.17. The molecule has 0 saturated heterocycles. The average molecular weight is 340 g/mol. The third-order valence-corrected chi connectivity index (χ3v) is 3.78. The first-order chi connectivity index (χ1) is 8.27. The number of hydrogen-bond donors (Lipinski definition) is 3. The lowest BCUT2D eigenvalue weighted by molar-refractivity contribution is 0.246. The summed E-state index contributed by atoms with van der Waals surface area (Å²) in [6.45, 7) is 1.86. The van der Waals surface area contributed by atoms with Gasteiger partial charge >= 0.3 is 6.03 Å². The Bertz CT molecular complexity index is 577.